The number of hydrogen-bond acceptors (Lipinski definition) is 6. The highest BCUT2D eigenvalue weighted by Crippen LogP contribution is 2.44. The Morgan fingerprint density at radius 3 is 2.86 bits per heavy atom. The molecule has 1 fully saturated rings. The molecule has 0 bridgehead atoms. The van der Waals surface area contributed by atoms with Crippen LogP contribution in [0.25, 0.3) is 11.4 Å². The van der Waals surface area contributed by atoms with Gasteiger partial charge >= 0.3 is 0 Å². The molecule has 1 atom stereocenters. The van der Waals surface area contributed by atoms with Crippen LogP contribution in [0.1, 0.15) is 30.5 Å². The van der Waals surface area contributed by atoms with Gasteiger partial charge < -0.3 is 4.98 Å². The van der Waals surface area contributed by atoms with Gasteiger partial charge in [0.1, 0.15) is 10.7 Å². The number of hydrogen-bond donors (Lipinski definition) is 2. The van der Waals surface area contributed by atoms with Gasteiger partial charge in [0.25, 0.3) is 5.56 Å². The lowest BCUT2D eigenvalue weighted by Gasteiger charge is -2.39. The molecule has 10 heteroatoms. The van der Waals surface area contributed by atoms with Gasteiger partial charge in [-0.25, -0.2) is 13.4 Å². The molecule has 1 spiro atoms. The predicted molar refractivity (Wildman–Crippen MR) is 105 cm³/mol. The Labute approximate surface area is 167 Å². The van der Waals surface area contributed by atoms with Crippen molar-refractivity contribution < 1.29 is 8.42 Å². The smallest absolute Gasteiger partial charge is 0.254 e. The Bertz CT molecular complexity index is 1210. The van der Waals surface area contributed by atoms with Gasteiger partial charge in [0, 0.05) is 48.2 Å². The summed E-state index contributed by atoms with van der Waals surface area (Å²) in [4.78, 5) is 24.7. The van der Waals surface area contributed by atoms with Crippen LogP contribution < -0.4 is 5.56 Å². The van der Waals surface area contributed by atoms with E-state index < -0.39 is 15.4 Å². The first-order valence-corrected chi connectivity index (χ1v) is 11.0. The third-order valence-corrected chi connectivity index (χ3v) is 7.77. The number of aromatic amines is 2. The average molecular weight is 412 g/mol. The van der Waals surface area contributed by atoms with Crippen LogP contribution in [0, 0.1) is 0 Å². The van der Waals surface area contributed by atoms with Crippen molar-refractivity contribution in [2.24, 2.45) is 0 Å². The van der Waals surface area contributed by atoms with Gasteiger partial charge in [0.15, 0.2) is 0 Å². The van der Waals surface area contributed by atoms with Gasteiger partial charge in [-0.2, -0.15) is 9.40 Å². The van der Waals surface area contributed by atoms with Crippen LogP contribution in [0.2, 0.25) is 0 Å². The fourth-order valence-corrected chi connectivity index (χ4v) is 5.98. The molecule has 1 aliphatic heterocycles. The van der Waals surface area contributed by atoms with Crippen LogP contribution in [0.5, 0.6) is 0 Å². The van der Waals surface area contributed by atoms with Gasteiger partial charge in [0.05, 0.1) is 11.9 Å². The molecule has 3 aromatic heterocycles. The van der Waals surface area contributed by atoms with Gasteiger partial charge in [-0.3, -0.25) is 14.9 Å². The quantitative estimate of drug-likeness (QED) is 0.666. The fraction of sp³-hybridized carbons (Fsp3) is 0.368. The number of sulfonamides is 1. The monoisotopic (exact) mass is 412 g/mol. The van der Waals surface area contributed by atoms with Crippen LogP contribution in [-0.2, 0) is 21.9 Å². The molecule has 0 saturated carbocycles. The summed E-state index contributed by atoms with van der Waals surface area (Å²) in [7, 11) is -3.64. The predicted octanol–water partition coefficient (Wildman–Crippen LogP) is 1.22. The fourth-order valence-electron chi connectivity index (χ4n) is 4.51. The molecule has 5 rings (SSSR count). The van der Waals surface area contributed by atoms with E-state index in [2.05, 4.69) is 20.2 Å². The Morgan fingerprint density at radius 1 is 1.21 bits per heavy atom. The van der Waals surface area contributed by atoms with Crippen LogP contribution >= 0.6 is 0 Å². The topological polar surface area (TPSA) is 125 Å². The normalized spacial score (nSPS) is 22.1. The molecule has 1 aliphatic carbocycles. The first-order valence-electron chi connectivity index (χ1n) is 9.53. The number of nitrogens with one attached hydrogen (secondary N) is 2. The standard InChI is InChI=1S/C19H20N6O3S/c26-18-15-4-6-19(16(15)23-17(24-18)13-3-1-7-20-9-13)5-2-8-25(12-19)29(27,28)14-10-21-22-11-14/h1,3,7,9-11H,2,4-6,8,12H2,(H,21,22)(H,23,24,26). The third-order valence-electron chi connectivity index (χ3n) is 5.96. The van der Waals surface area contributed by atoms with Crippen molar-refractivity contribution in [3.8, 4) is 11.4 Å². The largest absolute Gasteiger partial charge is 0.306 e. The maximum Gasteiger partial charge on any atom is 0.254 e. The molecule has 1 unspecified atom stereocenters. The SMILES string of the molecule is O=c1[nH]c(-c2cccnc2)nc2c1CCC21CCCN(S(=O)(=O)c2cn[nH]c2)C1. The molecule has 4 heterocycles. The number of piperidine rings is 1. The van der Waals surface area contributed by atoms with E-state index >= 15 is 0 Å². The molecule has 0 aromatic carbocycles. The van der Waals surface area contributed by atoms with Crippen molar-refractivity contribution in [1.29, 1.82) is 0 Å². The van der Waals surface area contributed by atoms with Crippen molar-refractivity contribution in [2.45, 2.75) is 36.0 Å². The molecule has 2 aliphatic rings. The van der Waals surface area contributed by atoms with Gasteiger partial charge in [-0.1, -0.05) is 0 Å². The second-order valence-corrected chi connectivity index (χ2v) is 9.58. The van der Waals surface area contributed by atoms with Gasteiger partial charge in [0.2, 0.25) is 10.0 Å². The molecule has 0 radical (unpaired) electrons. The Hall–Kier alpha value is -2.85. The Morgan fingerprint density at radius 2 is 2.10 bits per heavy atom. The number of pyridine rings is 1. The molecule has 9 nitrogen and oxygen atoms in total. The zero-order valence-electron chi connectivity index (χ0n) is 15.6. The minimum atomic E-state index is -3.64. The molecular formula is C19H20N6O3S. The molecule has 1 saturated heterocycles. The zero-order valence-corrected chi connectivity index (χ0v) is 16.4. The first kappa shape index (κ1) is 18.2. The molecule has 150 valence electrons. The first-order chi connectivity index (χ1) is 14.0. The van der Waals surface area contributed by atoms with E-state index in [1.807, 2.05) is 6.07 Å². The minimum Gasteiger partial charge on any atom is -0.306 e. The van der Waals surface area contributed by atoms with Crippen LogP contribution in [-0.4, -0.2) is 51.0 Å². The summed E-state index contributed by atoms with van der Waals surface area (Å²) in [5, 5.41) is 6.34. The van der Waals surface area contributed by atoms with Crippen LogP contribution in [0.4, 0.5) is 0 Å². The van der Waals surface area contributed by atoms with Crippen molar-refractivity contribution >= 4 is 10.0 Å². The maximum atomic E-state index is 13.0. The van der Waals surface area contributed by atoms with E-state index in [0.717, 1.165) is 17.7 Å². The summed E-state index contributed by atoms with van der Waals surface area (Å²) in [5.74, 6) is 0.470. The second-order valence-electron chi connectivity index (χ2n) is 7.64. The highest BCUT2D eigenvalue weighted by Gasteiger charge is 2.47. The molecular weight excluding hydrogens is 392 g/mol. The number of H-pyrrole nitrogens is 2. The highest BCUT2D eigenvalue weighted by atomic mass is 32.2. The summed E-state index contributed by atoms with van der Waals surface area (Å²) in [5.41, 5.74) is 1.52. The van der Waals surface area contributed by atoms with Gasteiger partial charge in [-0.15, -0.1) is 0 Å². The molecule has 2 N–H and O–H groups in total. The average Bonchev–Trinajstić information content (AvgIpc) is 3.39. The summed E-state index contributed by atoms with van der Waals surface area (Å²) in [6, 6.07) is 3.63. The number of aromatic nitrogens is 5. The number of nitrogens with zero attached hydrogens (tertiary/aromatic N) is 4. The summed E-state index contributed by atoms with van der Waals surface area (Å²) < 4.78 is 27.6. The molecule has 29 heavy (non-hydrogen) atoms. The Balaban J connectivity index is 1.57. The lowest BCUT2D eigenvalue weighted by atomic mass is 9.78. The summed E-state index contributed by atoms with van der Waals surface area (Å²) in [6.45, 7) is 0.764. The van der Waals surface area contributed by atoms with Crippen molar-refractivity contribution in [3.63, 3.8) is 0 Å². The highest BCUT2D eigenvalue weighted by molar-refractivity contribution is 7.89. The maximum absolute atomic E-state index is 13.0. The van der Waals surface area contributed by atoms with E-state index in [1.54, 1.807) is 18.5 Å². The lowest BCUT2D eigenvalue weighted by Crippen LogP contribution is -2.48. The van der Waals surface area contributed by atoms with Gasteiger partial charge in [-0.05, 0) is 37.8 Å². The lowest BCUT2D eigenvalue weighted by molar-refractivity contribution is 0.219. The van der Waals surface area contributed by atoms with Crippen molar-refractivity contribution in [2.75, 3.05) is 13.1 Å². The zero-order chi connectivity index (χ0) is 20.1. The third kappa shape index (κ3) is 2.90. The molecule has 3 aromatic rings. The summed E-state index contributed by atoms with van der Waals surface area (Å²) in [6.07, 6.45) is 8.87. The number of rotatable bonds is 3. The Kier molecular flexibility index (Phi) is 4.14. The molecule has 0 amide bonds. The van der Waals surface area contributed by atoms with E-state index in [4.69, 9.17) is 4.98 Å². The van der Waals surface area contributed by atoms with E-state index in [0.29, 0.717) is 43.7 Å². The number of fused-ring (bicyclic) bond motifs is 2. The van der Waals surface area contributed by atoms with Crippen molar-refractivity contribution in [3.05, 3.63) is 58.5 Å². The van der Waals surface area contributed by atoms with Crippen LogP contribution in [0.3, 0.4) is 0 Å². The van der Waals surface area contributed by atoms with E-state index in [1.165, 1.54) is 16.7 Å². The van der Waals surface area contributed by atoms with E-state index in [9.17, 15) is 13.2 Å². The second kappa shape index (κ2) is 6.60. The summed E-state index contributed by atoms with van der Waals surface area (Å²) >= 11 is 0. The van der Waals surface area contributed by atoms with Crippen LogP contribution in [0.15, 0.2) is 46.6 Å². The minimum absolute atomic E-state index is 0.152. The van der Waals surface area contributed by atoms with Crippen molar-refractivity contribution in [1.82, 2.24) is 29.5 Å². The van der Waals surface area contributed by atoms with E-state index in [-0.39, 0.29) is 10.5 Å².